The third-order valence-corrected chi connectivity index (χ3v) is 9.78. The maximum absolute atomic E-state index is 12.3. The Labute approximate surface area is 274 Å². The number of imidazole rings is 1. The first-order valence-corrected chi connectivity index (χ1v) is 16.9. The van der Waals surface area contributed by atoms with E-state index in [-0.39, 0.29) is 12.3 Å². The molecule has 3 aliphatic rings. The van der Waals surface area contributed by atoms with Crippen molar-refractivity contribution in [3.63, 3.8) is 0 Å². The number of amides is 4. The molecule has 4 amide bonds. The number of hydrogen-bond acceptors (Lipinski definition) is 7. The van der Waals surface area contributed by atoms with Gasteiger partial charge in [0.1, 0.15) is 17.1 Å². The molecule has 0 atom stereocenters. The fraction of sp³-hybridized carbons (Fsp3) is 0.514. The van der Waals surface area contributed by atoms with E-state index in [1.165, 1.54) is 18.4 Å². The summed E-state index contributed by atoms with van der Waals surface area (Å²) in [5.41, 5.74) is 3.22. The molecule has 7 rings (SSSR count). The van der Waals surface area contributed by atoms with Crippen molar-refractivity contribution in [2.24, 2.45) is 5.92 Å². The Kier molecular flexibility index (Phi) is 8.37. The number of hydrogen-bond donors (Lipinski definition) is 2. The standard InChI is InChI=1S/C35H44N8O4/c1-35(2,3)47-34(46)37-27-6-9-29-26(18-27)22-43(39-29)28-7-4-23(5-8-28)21-40-14-10-24(11-15-40)25-12-16-41-30(19-25)36-20-32(41)42-17-13-31(44)38-33(42)45/h6,9,12,16,18-20,22-24,28H,4-5,7-8,10-11,13-15,17,21H2,1-3H3,(H,37,46)(H,38,44,45). The number of pyridine rings is 1. The quantitative estimate of drug-likeness (QED) is 0.261. The van der Waals surface area contributed by atoms with Gasteiger partial charge in [-0.2, -0.15) is 5.10 Å². The summed E-state index contributed by atoms with van der Waals surface area (Å²) in [7, 11) is 0. The number of urea groups is 1. The largest absolute Gasteiger partial charge is 0.444 e. The van der Waals surface area contributed by atoms with Gasteiger partial charge in [0.05, 0.1) is 17.8 Å². The fourth-order valence-corrected chi connectivity index (χ4v) is 7.36. The van der Waals surface area contributed by atoms with Crippen LogP contribution in [0.3, 0.4) is 0 Å². The number of nitrogens with one attached hydrogen (secondary N) is 2. The Hall–Kier alpha value is -4.45. The Morgan fingerprint density at radius 2 is 1.81 bits per heavy atom. The summed E-state index contributed by atoms with van der Waals surface area (Å²) >= 11 is 0. The van der Waals surface area contributed by atoms with Gasteiger partial charge in [-0.15, -0.1) is 0 Å². The average molecular weight is 641 g/mol. The van der Waals surface area contributed by atoms with Crippen molar-refractivity contribution in [1.82, 2.24) is 29.4 Å². The van der Waals surface area contributed by atoms with Crippen LogP contribution in [0.5, 0.6) is 0 Å². The van der Waals surface area contributed by atoms with E-state index < -0.39 is 17.7 Å². The third kappa shape index (κ3) is 6.97. The van der Waals surface area contributed by atoms with Gasteiger partial charge < -0.3 is 9.64 Å². The molecule has 4 aromatic rings. The molecule has 5 heterocycles. The molecule has 12 heteroatoms. The van der Waals surface area contributed by atoms with Crippen LogP contribution in [0.1, 0.15) is 83.2 Å². The van der Waals surface area contributed by atoms with Gasteiger partial charge in [0.15, 0.2) is 0 Å². The van der Waals surface area contributed by atoms with Crippen molar-refractivity contribution in [3.05, 3.63) is 54.5 Å². The van der Waals surface area contributed by atoms with Crippen molar-refractivity contribution in [1.29, 1.82) is 0 Å². The first kappa shape index (κ1) is 31.2. The molecule has 1 saturated carbocycles. The van der Waals surface area contributed by atoms with E-state index in [1.807, 2.05) is 49.6 Å². The highest BCUT2D eigenvalue weighted by Gasteiger charge is 2.29. The van der Waals surface area contributed by atoms with E-state index in [1.54, 1.807) is 11.1 Å². The molecule has 2 N–H and O–H groups in total. The van der Waals surface area contributed by atoms with Gasteiger partial charge in [0.2, 0.25) is 5.91 Å². The van der Waals surface area contributed by atoms with Crippen LogP contribution in [0.15, 0.2) is 48.9 Å². The van der Waals surface area contributed by atoms with Crippen LogP contribution >= 0.6 is 0 Å². The summed E-state index contributed by atoms with van der Waals surface area (Å²) in [5, 5.41) is 11.1. The van der Waals surface area contributed by atoms with E-state index >= 15 is 0 Å². The molecule has 0 spiro atoms. The number of ether oxygens (including phenoxy) is 1. The monoisotopic (exact) mass is 640 g/mol. The fourth-order valence-electron chi connectivity index (χ4n) is 7.36. The van der Waals surface area contributed by atoms with Gasteiger partial charge in [-0.1, -0.05) is 0 Å². The summed E-state index contributed by atoms with van der Waals surface area (Å²) < 4.78 is 9.44. The maximum atomic E-state index is 12.3. The van der Waals surface area contributed by atoms with Crippen LogP contribution in [0, 0.1) is 5.92 Å². The van der Waals surface area contributed by atoms with Gasteiger partial charge in [-0.05, 0) is 120 Å². The SMILES string of the molecule is CC(C)(C)OC(=O)Nc1ccc2nn(C3CCC(CN4CCC(c5ccn6c(N7CCC(=O)NC7=O)cnc6c5)CC4)CC3)cc2c1. The minimum Gasteiger partial charge on any atom is -0.444 e. The van der Waals surface area contributed by atoms with Gasteiger partial charge in [0, 0.05) is 43.0 Å². The Balaban J connectivity index is 0.889. The number of imide groups is 1. The maximum Gasteiger partial charge on any atom is 0.412 e. The number of carbonyl (C=O) groups excluding carboxylic acids is 3. The van der Waals surface area contributed by atoms with Crippen LogP contribution in [0.4, 0.5) is 21.1 Å². The first-order valence-electron chi connectivity index (χ1n) is 16.9. The van der Waals surface area contributed by atoms with Crippen LogP contribution in [-0.4, -0.2) is 73.9 Å². The van der Waals surface area contributed by atoms with E-state index in [0.717, 1.165) is 61.9 Å². The molecule has 3 aromatic heterocycles. The second-order valence-corrected chi connectivity index (χ2v) is 14.3. The average Bonchev–Trinajstić information content (AvgIpc) is 3.65. The third-order valence-electron chi connectivity index (χ3n) is 9.78. The molecular formula is C35H44N8O4. The molecular weight excluding hydrogens is 596 g/mol. The van der Waals surface area contributed by atoms with Crippen molar-refractivity contribution in [2.75, 3.05) is 36.4 Å². The molecule has 0 radical (unpaired) electrons. The summed E-state index contributed by atoms with van der Waals surface area (Å²) in [4.78, 5) is 44.9. The molecule has 47 heavy (non-hydrogen) atoms. The smallest absolute Gasteiger partial charge is 0.412 e. The predicted octanol–water partition coefficient (Wildman–Crippen LogP) is 6.09. The first-order chi connectivity index (χ1) is 22.6. The highest BCUT2D eigenvalue weighted by atomic mass is 16.6. The van der Waals surface area contributed by atoms with Crippen molar-refractivity contribution in [3.8, 4) is 0 Å². The number of carbonyl (C=O) groups is 3. The van der Waals surface area contributed by atoms with Gasteiger partial charge >= 0.3 is 12.1 Å². The molecule has 2 aliphatic heterocycles. The number of nitrogens with zero attached hydrogens (tertiary/aromatic N) is 6. The minimum atomic E-state index is -0.543. The molecule has 248 valence electrons. The number of piperidine rings is 1. The number of benzene rings is 1. The zero-order valence-corrected chi connectivity index (χ0v) is 27.4. The molecule has 1 aromatic carbocycles. The lowest BCUT2D eigenvalue weighted by Gasteiger charge is -2.36. The number of aromatic nitrogens is 4. The second-order valence-electron chi connectivity index (χ2n) is 14.3. The number of fused-ring (bicyclic) bond motifs is 2. The zero-order chi connectivity index (χ0) is 32.7. The molecule has 0 bridgehead atoms. The van der Waals surface area contributed by atoms with Crippen LogP contribution in [-0.2, 0) is 9.53 Å². The van der Waals surface area contributed by atoms with Crippen molar-refractivity contribution in [2.45, 2.75) is 83.3 Å². The molecule has 3 fully saturated rings. The van der Waals surface area contributed by atoms with Crippen LogP contribution < -0.4 is 15.5 Å². The van der Waals surface area contributed by atoms with Crippen molar-refractivity contribution >= 4 is 46.1 Å². The molecule has 2 saturated heterocycles. The molecule has 0 unspecified atom stereocenters. The summed E-state index contributed by atoms with van der Waals surface area (Å²) in [6.45, 7) is 9.27. The lowest BCUT2D eigenvalue weighted by atomic mass is 9.84. The lowest BCUT2D eigenvalue weighted by Crippen LogP contribution is -2.50. The Morgan fingerprint density at radius 1 is 1.02 bits per heavy atom. The van der Waals surface area contributed by atoms with E-state index in [2.05, 4.69) is 43.5 Å². The summed E-state index contributed by atoms with van der Waals surface area (Å²) in [6, 6.07) is 10.1. The topological polar surface area (TPSA) is 126 Å². The van der Waals surface area contributed by atoms with Gasteiger partial charge in [-0.25, -0.2) is 14.6 Å². The van der Waals surface area contributed by atoms with E-state index in [4.69, 9.17) is 9.84 Å². The summed E-state index contributed by atoms with van der Waals surface area (Å²) in [5.74, 6) is 1.65. The zero-order valence-electron chi connectivity index (χ0n) is 27.4. The Bertz CT molecular complexity index is 1790. The number of likely N-dealkylation sites (tertiary alicyclic amines) is 1. The lowest BCUT2D eigenvalue weighted by molar-refractivity contribution is -0.120. The number of rotatable bonds is 6. The van der Waals surface area contributed by atoms with Crippen molar-refractivity contribution < 1.29 is 19.1 Å². The number of anilines is 2. The highest BCUT2D eigenvalue weighted by molar-refractivity contribution is 6.05. The normalized spacial score (nSPS) is 21.7. The minimum absolute atomic E-state index is 0.240. The van der Waals surface area contributed by atoms with Gasteiger partial charge in [-0.3, -0.25) is 29.4 Å². The Morgan fingerprint density at radius 3 is 2.55 bits per heavy atom. The van der Waals surface area contributed by atoms with Crippen LogP contribution in [0.25, 0.3) is 16.6 Å². The van der Waals surface area contributed by atoms with Gasteiger partial charge in [0.25, 0.3) is 0 Å². The highest BCUT2D eigenvalue weighted by Crippen LogP contribution is 2.35. The molecule has 1 aliphatic carbocycles. The van der Waals surface area contributed by atoms with E-state index in [9.17, 15) is 14.4 Å². The van der Waals surface area contributed by atoms with Crippen LogP contribution in [0.2, 0.25) is 0 Å². The second kappa shape index (κ2) is 12.6. The molecule has 12 nitrogen and oxygen atoms in total. The summed E-state index contributed by atoms with van der Waals surface area (Å²) in [6.07, 6.45) is 12.6. The van der Waals surface area contributed by atoms with E-state index in [0.29, 0.717) is 35.9 Å². The predicted molar refractivity (Wildman–Crippen MR) is 180 cm³/mol.